The van der Waals surface area contributed by atoms with E-state index in [0.717, 1.165) is 28.1 Å². The fraction of sp³-hybridized carbons (Fsp3) is 0.0556. The van der Waals surface area contributed by atoms with E-state index in [0.29, 0.717) is 5.69 Å². The third-order valence-electron chi connectivity index (χ3n) is 3.57. The van der Waals surface area contributed by atoms with Gasteiger partial charge in [0.15, 0.2) is 0 Å². The summed E-state index contributed by atoms with van der Waals surface area (Å²) in [6.45, 7) is 0. The van der Waals surface area contributed by atoms with Crippen LogP contribution in [-0.4, -0.2) is 18.0 Å². The van der Waals surface area contributed by atoms with Gasteiger partial charge in [0.1, 0.15) is 11.4 Å². The van der Waals surface area contributed by atoms with E-state index in [1.165, 1.54) is 0 Å². The number of hydrogen-bond acceptors (Lipinski definition) is 2. The van der Waals surface area contributed by atoms with Crippen LogP contribution < -0.4 is 10.5 Å². The van der Waals surface area contributed by atoms with E-state index in [-0.39, 0.29) is 0 Å². The number of primary amides is 1. The van der Waals surface area contributed by atoms with Gasteiger partial charge in [0.2, 0.25) is 0 Å². The molecule has 0 spiro atoms. The number of amides is 1. The first-order chi connectivity index (χ1) is 10.7. The van der Waals surface area contributed by atoms with Crippen molar-refractivity contribution >= 4 is 5.91 Å². The maximum atomic E-state index is 11.1. The maximum absolute atomic E-state index is 11.1. The summed E-state index contributed by atoms with van der Waals surface area (Å²) < 4.78 is 5.16. The number of nitrogens with two attached hydrogens (primary N) is 1. The zero-order valence-electron chi connectivity index (χ0n) is 12.2. The average Bonchev–Trinajstić information content (AvgIpc) is 3.05. The lowest BCUT2D eigenvalue weighted by atomic mass is 10.0. The molecule has 3 N–H and O–H groups in total. The molecule has 4 nitrogen and oxygen atoms in total. The van der Waals surface area contributed by atoms with E-state index in [1.54, 1.807) is 13.2 Å². The van der Waals surface area contributed by atoms with E-state index < -0.39 is 5.91 Å². The molecule has 0 saturated heterocycles. The van der Waals surface area contributed by atoms with Crippen LogP contribution in [0.25, 0.3) is 22.4 Å². The van der Waals surface area contributed by atoms with Gasteiger partial charge in [0.05, 0.1) is 7.11 Å². The molecule has 0 aliphatic heterocycles. The molecule has 1 aromatic heterocycles. The first-order valence-electron chi connectivity index (χ1n) is 6.91. The molecule has 0 fully saturated rings. The largest absolute Gasteiger partial charge is 0.497 e. The van der Waals surface area contributed by atoms with Crippen molar-refractivity contribution in [2.45, 2.75) is 0 Å². The fourth-order valence-electron chi connectivity index (χ4n) is 2.33. The van der Waals surface area contributed by atoms with Gasteiger partial charge < -0.3 is 15.5 Å². The molecule has 1 amide bonds. The minimum absolute atomic E-state index is 0.411. The Morgan fingerprint density at radius 1 is 0.864 bits per heavy atom. The number of nitrogens with one attached hydrogen (secondary N) is 1. The van der Waals surface area contributed by atoms with Gasteiger partial charge in [0.25, 0.3) is 5.91 Å². The van der Waals surface area contributed by atoms with E-state index in [1.807, 2.05) is 54.6 Å². The van der Waals surface area contributed by atoms with Crippen LogP contribution in [0.4, 0.5) is 0 Å². The van der Waals surface area contributed by atoms with Crippen molar-refractivity contribution in [2.24, 2.45) is 5.73 Å². The van der Waals surface area contributed by atoms with Crippen molar-refractivity contribution in [2.75, 3.05) is 7.11 Å². The van der Waals surface area contributed by atoms with Crippen LogP contribution in [0.2, 0.25) is 0 Å². The van der Waals surface area contributed by atoms with Crippen molar-refractivity contribution in [1.82, 2.24) is 4.98 Å². The summed E-state index contributed by atoms with van der Waals surface area (Å²) in [7, 11) is 1.65. The average molecular weight is 292 g/mol. The molecule has 4 heteroatoms. The molecule has 1 heterocycles. The van der Waals surface area contributed by atoms with Crippen molar-refractivity contribution in [1.29, 1.82) is 0 Å². The Morgan fingerprint density at radius 3 is 1.91 bits per heavy atom. The van der Waals surface area contributed by atoms with Gasteiger partial charge in [-0.15, -0.1) is 0 Å². The van der Waals surface area contributed by atoms with Crippen LogP contribution in [0, 0.1) is 0 Å². The minimum Gasteiger partial charge on any atom is -0.497 e. The number of rotatable bonds is 4. The standard InChI is InChI=1S/C18H16N2O2/c1-22-15-8-6-13(7-9-15)12-2-4-14(5-3-12)16-10-11-17(20-16)18(19)21/h2-11,20H,1H3,(H2,19,21). The fourth-order valence-corrected chi connectivity index (χ4v) is 2.33. The number of carbonyl (C=O) groups excluding carboxylic acids is 1. The summed E-state index contributed by atoms with van der Waals surface area (Å²) in [5, 5.41) is 0. The molecule has 0 bridgehead atoms. The van der Waals surface area contributed by atoms with Gasteiger partial charge in [0, 0.05) is 5.69 Å². The zero-order valence-corrected chi connectivity index (χ0v) is 12.2. The molecule has 0 aliphatic carbocycles. The van der Waals surface area contributed by atoms with Gasteiger partial charge in [-0.2, -0.15) is 0 Å². The Morgan fingerprint density at radius 2 is 1.41 bits per heavy atom. The Bertz CT molecular complexity index is 787. The molecule has 3 rings (SSSR count). The predicted octanol–water partition coefficient (Wildman–Crippen LogP) is 3.46. The van der Waals surface area contributed by atoms with Crippen LogP contribution in [-0.2, 0) is 0 Å². The number of H-pyrrole nitrogens is 1. The van der Waals surface area contributed by atoms with Crippen LogP contribution in [0.3, 0.4) is 0 Å². The number of methoxy groups -OCH3 is 1. The number of carbonyl (C=O) groups is 1. The summed E-state index contributed by atoms with van der Waals surface area (Å²) in [4.78, 5) is 14.1. The monoisotopic (exact) mass is 292 g/mol. The van der Waals surface area contributed by atoms with E-state index >= 15 is 0 Å². The van der Waals surface area contributed by atoms with Crippen molar-refractivity contribution in [3.63, 3.8) is 0 Å². The Balaban J connectivity index is 1.86. The molecule has 0 unspecified atom stereocenters. The van der Waals surface area contributed by atoms with Gasteiger partial charge in [-0.3, -0.25) is 4.79 Å². The van der Waals surface area contributed by atoms with Crippen molar-refractivity contribution in [3.8, 4) is 28.1 Å². The molecular formula is C18H16N2O2. The highest BCUT2D eigenvalue weighted by Crippen LogP contribution is 2.25. The third-order valence-corrected chi connectivity index (χ3v) is 3.57. The second-order valence-electron chi connectivity index (χ2n) is 4.96. The quantitative estimate of drug-likeness (QED) is 0.773. The first kappa shape index (κ1) is 13.9. The summed E-state index contributed by atoms with van der Waals surface area (Å²) >= 11 is 0. The SMILES string of the molecule is COc1ccc(-c2ccc(-c3ccc(C(N)=O)[nH]3)cc2)cc1. The highest BCUT2D eigenvalue weighted by Gasteiger charge is 2.06. The van der Waals surface area contributed by atoms with Gasteiger partial charge in [-0.05, 0) is 41.0 Å². The lowest BCUT2D eigenvalue weighted by molar-refractivity contribution is 0.0996. The van der Waals surface area contributed by atoms with Crippen LogP contribution in [0.1, 0.15) is 10.5 Å². The van der Waals surface area contributed by atoms with Gasteiger partial charge >= 0.3 is 0 Å². The number of hydrogen-bond donors (Lipinski definition) is 2. The van der Waals surface area contributed by atoms with Crippen molar-refractivity contribution < 1.29 is 9.53 Å². The second kappa shape index (κ2) is 5.77. The van der Waals surface area contributed by atoms with Crippen LogP contribution >= 0.6 is 0 Å². The molecule has 22 heavy (non-hydrogen) atoms. The zero-order chi connectivity index (χ0) is 15.5. The highest BCUT2D eigenvalue weighted by molar-refractivity contribution is 5.92. The van der Waals surface area contributed by atoms with Gasteiger partial charge in [-0.1, -0.05) is 36.4 Å². The molecule has 2 aromatic carbocycles. The van der Waals surface area contributed by atoms with E-state index in [4.69, 9.17) is 10.5 Å². The lowest BCUT2D eigenvalue weighted by Crippen LogP contribution is -2.10. The van der Waals surface area contributed by atoms with E-state index in [9.17, 15) is 4.79 Å². The number of benzene rings is 2. The molecule has 0 atom stereocenters. The predicted molar refractivity (Wildman–Crippen MR) is 86.7 cm³/mol. The highest BCUT2D eigenvalue weighted by atomic mass is 16.5. The lowest BCUT2D eigenvalue weighted by Gasteiger charge is -2.05. The molecule has 110 valence electrons. The molecule has 0 saturated carbocycles. The first-order valence-corrected chi connectivity index (χ1v) is 6.91. The number of aromatic amines is 1. The summed E-state index contributed by atoms with van der Waals surface area (Å²) in [5.74, 6) is 0.381. The summed E-state index contributed by atoms with van der Waals surface area (Å²) in [5.41, 5.74) is 9.78. The molecule has 0 aliphatic rings. The smallest absolute Gasteiger partial charge is 0.265 e. The Labute approximate surface area is 128 Å². The topological polar surface area (TPSA) is 68.1 Å². The number of aromatic nitrogens is 1. The van der Waals surface area contributed by atoms with Crippen molar-refractivity contribution in [3.05, 3.63) is 66.4 Å². The van der Waals surface area contributed by atoms with E-state index in [2.05, 4.69) is 4.98 Å². The Kier molecular flexibility index (Phi) is 3.66. The second-order valence-corrected chi connectivity index (χ2v) is 4.96. The van der Waals surface area contributed by atoms with Gasteiger partial charge in [-0.25, -0.2) is 0 Å². The number of ether oxygens (including phenoxy) is 1. The normalized spacial score (nSPS) is 10.4. The molecule has 3 aromatic rings. The Hall–Kier alpha value is -3.01. The minimum atomic E-state index is -0.457. The third kappa shape index (κ3) is 2.72. The summed E-state index contributed by atoms with van der Waals surface area (Å²) in [6, 6.07) is 19.6. The van der Waals surface area contributed by atoms with Crippen LogP contribution in [0.5, 0.6) is 5.75 Å². The van der Waals surface area contributed by atoms with Crippen LogP contribution in [0.15, 0.2) is 60.7 Å². The maximum Gasteiger partial charge on any atom is 0.265 e. The summed E-state index contributed by atoms with van der Waals surface area (Å²) in [6.07, 6.45) is 0. The molecular weight excluding hydrogens is 276 g/mol. The molecule has 0 radical (unpaired) electrons.